The third-order valence-electron chi connectivity index (χ3n) is 4.10. The number of amides is 1. The molecule has 0 bridgehead atoms. The Hall–Kier alpha value is -3.39. The number of esters is 1. The normalized spacial score (nSPS) is 10.6. The van der Waals surface area contributed by atoms with Gasteiger partial charge in [0.1, 0.15) is 11.6 Å². The number of nitrogens with zero attached hydrogens (tertiary/aromatic N) is 2. The number of carbonyl (C=O) groups excluding carboxylic acids is 2. The third-order valence-corrected chi connectivity index (χ3v) is 4.42. The van der Waals surface area contributed by atoms with Crippen LogP contribution in [0.2, 0.25) is 5.02 Å². The van der Waals surface area contributed by atoms with Crippen LogP contribution in [0.25, 0.3) is 10.9 Å². The summed E-state index contributed by atoms with van der Waals surface area (Å²) in [6, 6.07) is 13.5. The van der Waals surface area contributed by atoms with Crippen molar-refractivity contribution in [2.45, 2.75) is 13.5 Å². The molecule has 1 aromatic heterocycles. The van der Waals surface area contributed by atoms with Crippen LogP contribution in [0, 0.1) is 17.0 Å². The van der Waals surface area contributed by atoms with E-state index in [1.54, 1.807) is 4.57 Å². The number of para-hydroxylation sites is 1. The largest absolute Gasteiger partial charge is 0.454 e. The molecule has 0 atom stereocenters. The highest BCUT2D eigenvalue weighted by atomic mass is 35.5. The van der Waals surface area contributed by atoms with Crippen LogP contribution in [-0.4, -0.2) is 28.0 Å². The molecule has 0 aliphatic rings. The van der Waals surface area contributed by atoms with Crippen LogP contribution in [-0.2, 0) is 20.9 Å². The fourth-order valence-corrected chi connectivity index (χ4v) is 2.99. The van der Waals surface area contributed by atoms with E-state index >= 15 is 0 Å². The molecule has 0 unspecified atom stereocenters. The highest BCUT2D eigenvalue weighted by Gasteiger charge is 2.15. The number of nitro benzene ring substituents is 1. The lowest BCUT2D eigenvalue weighted by molar-refractivity contribution is -0.384. The molecule has 2 aromatic carbocycles. The summed E-state index contributed by atoms with van der Waals surface area (Å²) in [6.07, 6.45) is 0. The smallest absolute Gasteiger partial charge is 0.326 e. The van der Waals surface area contributed by atoms with Crippen molar-refractivity contribution in [3.8, 4) is 0 Å². The van der Waals surface area contributed by atoms with E-state index < -0.39 is 23.4 Å². The maximum absolute atomic E-state index is 12.1. The summed E-state index contributed by atoms with van der Waals surface area (Å²) < 4.78 is 6.83. The predicted molar refractivity (Wildman–Crippen MR) is 104 cm³/mol. The molecule has 8 nitrogen and oxygen atoms in total. The van der Waals surface area contributed by atoms with Crippen molar-refractivity contribution >= 4 is 45.8 Å². The maximum Gasteiger partial charge on any atom is 0.326 e. The van der Waals surface area contributed by atoms with Gasteiger partial charge in [-0.25, -0.2) is 0 Å². The van der Waals surface area contributed by atoms with Crippen LogP contribution in [0.15, 0.2) is 48.5 Å². The predicted octanol–water partition coefficient (Wildman–Crippen LogP) is 3.69. The van der Waals surface area contributed by atoms with Crippen LogP contribution in [0.5, 0.6) is 0 Å². The number of aryl methyl sites for hydroxylation is 1. The topological polar surface area (TPSA) is 103 Å². The number of halogens is 1. The fraction of sp³-hybridized carbons (Fsp3) is 0.158. The molecule has 0 radical (unpaired) electrons. The Kier molecular flexibility index (Phi) is 5.60. The summed E-state index contributed by atoms with van der Waals surface area (Å²) in [5.41, 5.74) is 1.65. The van der Waals surface area contributed by atoms with E-state index in [1.807, 2.05) is 37.3 Å². The van der Waals surface area contributed by atoms with Gasteiger partial charge in [0.05, 0.1) is 4.92 Å². The lowest BCUT2D eigenvalue weighted by Gasteiger charge is -2.09. The first-order chi connectivity index (χ1) is 13.3. The van der Waals surface area contributed by atoms with E-state index in [0.717, 1.165) is 22.7 Å². The van der Waals surface area contributed by atoms with E-state index in [1.165, 1.54) is 12.1 Å². The SMILES string of the molecule is Cc1cc2ccccc2n1CC(=O)OCC(=O)Nc1ccc(Cl)c([N+](=O)[O-])c1. The average molecular weight is 402 g/mol. The summed E-state index contributed by atoms with van der Waals surface area (Å²) in [5.74, 6) is -1.18. The zero-order chi connectivity index (χ0) is 20.3. The van der Waals surface area contributed by atoms with Gasteiger partial charge >= 0.3 is 5.97 Å². The zero-order valence-electron chi connectivity index (χ0n) is 14.8. The van der Waals surface area contributed by atoms with Crippen molar-refractivity contribution in [2.75, 3.05) is 11.9 Å². The Morgan fingerprint density at radius 1 is 1.21 bits per heavy atom. The van der Waals surface area contributed by atoms with Gasteiger partial charge in [0, 0.05) is 23.0 Å². The molecule has 9 heteroatoms. The monoisotopic (exact) mass is 401 g/mol. The van der Waals surface area contributed by atoms with Gasteiger partial charge in [-0.2, -0.15) is 0 Å². The molecule has 0 fully saturated rings. The lowest BCUT2D eigenvalue weighted by atomic mass is 10.2. The number of carbonyl (C=O) groups is 2. The molecule has 0 spiro atoms. The van der Waals surface area contributed by atoms with Crippen LogP contribution >= 0.6 is 11.6 Å². The number of benzene rings is 2. The summed E-state index contributed by atoms with van der Waals surface area (Å²) in [5, 5.41) is 14.3. The number of hydrogen-bond acceptors (Lipinski definition) is 5. The second-order valence-corrected chi connectivity index (χ2v) is 6.47. The van der Waals surface area contributed by atoms with Gasteiger partial charge in [0.2, 0.25) is 0 Å². The van der Waals surface area contributed by atoms with Crippen molar-refractivity contribution in [1.29, 1.82) is 0 Å². The zero-order valence-corrected chi connectivity index (χ0v) is 15.6. The van der Waals surface area contributed by atoms with Gasteiger partial charge < -0.3 is 14.6 Å². The average Bonchev–Trinajstić information content (AvgIpc) is 2.97. The summed E-state index contributed by atoms with van der Waals surface area (Å²) in [6.45, 7) is 1.35. The van der Waals surface area contributed by atoms with Gasteiger partial charge in [-0.05, 0) is 36.6 Å². The van der Waals surface area contributed by atoms with Crippen molar-refractivity contribution in [3.63, 3.8) is 0 Å². The van der Waals surface area contributed by atoms with Gasteiger partial charge in [-0.3, -0.25) is 19.7 Å². The van der Waals surface area contributed by atoms with Gasteiger partial charge in [-0.15, -0.1) is 0 Å². The molecular formula is C19H16ClN3O5. The summed E-state index contributed by atoms with van der Waals surface area (Å²) in [4.78, 5) is 34.3. The summed E-state index contributed by atoms with van der Waals surface area (Å²) >= 11 is 5.73. The maximum atomic E-state index is 12.1. The Morgan fingerprint density at radius 3 is 2.71 bits per heavy atom. The van der Waals surface area contributed by atoms with Crippen LogP contribution in [0.4, 0.5) is 11.4 Å². The number of hydrogen-bond donors (Lipinski definition) is 1. The molecule has 144 valence electrons. The molecule has 0 saturated carbocycles. The second-order valence-electron chi connectivity index (χ2n) is 6.06. The molecule has 0 saturated heterocycles. The minimum Gasteiger partial charge on any atom is -0.454 e. The van der Waals surface area contributed by atoms with Crippen molar-refractivity contribution in [1.82, 2.24) is 4.57 Å². The highest BCUT2D eigenvalue weighted by Crippen LogP contribution is 2.27. The van der Waals surface area contributed by atoms with Crippen LogP contribution in [0.1, 0.15) is 5.69 Å². The molecule has 0 aliphatic carbocycles. The Morgan fingerprint density at radius 2 is 1.96 bits per heavy atom. The molecule has 1 heterocycles. The van der Waals surface area contributed by atoms with Crippen molar-refractivity contribution in [2.24, 2.45) is 0 Å². The van der Waals surface area contributed by atoms with Crippen molar-refractivity contribution in [3.05, 3.63) is 69.4 Å². The Labute approximate surface area is 164 Å². The second kappa shape index (κ2) is 8.10. The highest BCUT2D eigenvalue weighted by molar-refractivity contribution is 6.32. The summed E-state index contributed by atoms with van der Waals surface area (Å²) in [7, 11) is 0. The van der Waals surface area contributed by atoms with E-state index in [-0.39, 0.29) is 22.9 Å². The number of ether oxygens (including phenoxy) is 1. The van der Waals surface area contributed by atoms with Crippen molar-refractivity contribution < 1.29 is 19.2 Å². The standard InChI is InChI=1S/C19H16ClN3O5/c1-12-8-13-4-2-3-5-16(13)22(12)10-19(25)28-11-18(24)21-14-6-7-15(20)17(9-14)23(26)27/h2-9H,10-11H2,1H3,(H,21,24). The molecule has 3 rings (SSSR count). The first-order valence-corrected chi connectivity index (χ1v) is 8.67. The number of fused-ring (bicyclic) bond motifs is 1. The first kappa shape index (κ1) is 19.4. The molecule has 1 N–H and O–H groups in total. The van der Waals surface area contributed by atoms with Gasteiger partial charge in [0.25, 0.3) is 11.6 Å². The number of nitrogens with one attached hydrogen (secondary N) is 1. The van der Waals surface area contributed by atoms with Crippen LogP contribution in [0.3, 0.4) is 0 Å². The molecule has 1 amide bonds. The number of nitro groups is 1. The molecule has 3 aromatic rings. The lowest BCUT2D eigenvalue weighted by Crippen LogP contribution is -2.23. The first-order valence-electron chi connectivity index (χ1n) is 8.29. The van der Waals surface area contributed by atoms with Gasteiger partial charge in [0.15, 0.2) is 6.61 Å². The number of aromatic nitrogens is 1. The van der Waals surface area contributed by atoms with Crippen LogP contribution < -0.4 is 5.32 Å². The molecular weight excluding hydrogens is 386 g/mol. The fourth-order valence-electron chi connectivity index (χ4n) is 2.81. The minimum atomic E-state index is -0.651. The minimum absolute atomic E-state index is 0.0287. The molecule has 28 heavy (non-hydrogen) atoms. The van der Waals surface area contributed by atoms with E-state index in [2.05, 4.69) is 5.32 Å². The van der Waals surface area contributed by atoms with E-state index in [9.17, 15) is 19.7 Å². The Balaban J connectivity index is 1.59. The third kappa shape index (κ3) is 4.29. The van der Waals surface area contributed by atoms with E-state index in [4.69, 9.17) is 16.3 Å². The molecule has 0 aliphatic heterocycles. The number of anilines is 1. The number of rotatable bonds is 6. The van der Waals surface area contributed by atoms with Gasteiger partial charge in [-0.1, -0.05) is 29.8 Å². The Bertz CT molecular complexity index is 1080. The quantitative estimate of drug-likeness (QED) is 0.385. The van der Waals surface area contributed by atoms with E-state index in [0.29, 0.717) is 0 Å².